The number of H-pyrrole nitrogens is 1. The van der Waals surface area contributed by atoms with E-state index in [0.717, 1.165) is 43.4 Å². The number of nitrogens with zero attached hydrogens (tertiary/aromatic N) is 1. The lowest BCUT2D eigenvalue weighted by atomic mass is 9.98. The molecule has 0 saturated carbocycles. The van der Waals surface area contributed by atoms with Crippen LogP contribution in [0.1, 0.15) is 31.7 Å². The number of nitrogens with one attached hydrogen (secondary N) is 2. The molecule has 1 atom stereocenters. The average molecular weight is 540 g/mol. The molecule has 5 aromatic rings. The highest BCUT2D eigenvalue weighted by molar-refractivity contribution is 6.14. The number of fused-ring (bicyclic) bond motifs is 5. The van der Waals surface area contributed by atoms with Crippen LogP contribution in [-0.2, 0) is 9.53 Å². The minimum Gasteiger partial charge on any atom is -0.466 e. The van der Waals surface area contributed by atoms with E-state index in [9.17, 15) is 14.4 Å². The topological polar surface area (TPSA) is 105 Å². The predicted molar refractivity (Wildman–Crippen MR) is 159 cm³/mol. The maximum atomic E-state index is 13.8. The zero-order chi connectivity index (χ0) is 27.8. The van der Waals surface area contributed by atoms with E-state index < -0.39 is 0 Å². The van der Waals surface area contributed by atoms with Crippen LogP contribution in [0.5, 0.6) is 0 Å². The molecular formula is C32H33N3O5. The summed E-state index contributed by atoms with van der Waals surface area (Å²) in [6.07, 6.45) is 2.64. The second-order valence-electron chi connectivity index (χ2n) is 10.6. The summed E-state index contributed by atoms with van der Waals surface area (Å²) in [7, 11) is 0. The zero-order valence-corrected chi connectivity index (χ0v) is 22.8. The number of anilines is 1. The first-order valence-electron chi connectivity index (χ1n) is 14.0. The molecule has 8 heteroatoms. The second kappa shape index (κ2) is 10.8. The van der Waals surface area contributed by atoms with Crippen molar-refractivity contribution in [1.29, 1.82) is 0 Å². The number of para-hydroxylation sites is 1. The maximum Gasteiger partial charge on any atom is 0.310 e. The number of carbonyl (C=O) groups is 1. The lowest BCUT2D eigenvalue weighted by molar-refractivity contribution is -0.149. The molecule has 206 valence electrons. The van der Waals surface area contributed by atoms with Crippen molar-refractivity contribution in [3.63, 3.8) is 0 Å². The molecule has 6 rings (SSSR count). The summed E-state index contributed by atoms with van der Waals surface area (Å²) in [6.45, 7) is 7.28. The quantitative estimate of drug-likeness (QED) is 0.125. The molecule has 1 unspecified atom stereocenters. The molecule has 0 radical (unpaired) electrons. The highest BCUT2D eigenvalue weighted by Gasteiger charge is 2.26. The Bertz CT molecular complexity index is 1870. The fraction of sp³-hybridized carbons (Fsp3) is 0.344. The Morgan fingerprint density at radius 1 is 1.05 bits per heavy atom. The molecule has 1 saturated heterocycles. The van der Waals surface area contributed by atoms with Gasteiger partial charge in [-0.15, -0.1) is 0 Å². The van der Waals surface area contributed by atoms with Crippen molar-refractivity contribution in [1.82, 2.24) is 9.88 Å². The van der Waals surface area contributed by atoms with Crippen LogP contribution in [-0.4, -0.2) is 48.6 Å². The molecule has 1 aliphatic heterocycles. The van der Waals surface area contributed by atoms with Gasteiger partial charge in [0.05, 0.1) is 34.3 Å². The number of benzene rings is 4. The van der Waals surface area contributed by atoms with E-state index in [4.69, 9.17) is 9.15 Å². The molecule has 4 aromatic carbocycles. The van der Waals surface area contributed by atoms with E-state index in [2.05, 4.69) is 15.2 Å². The van der Waals surface area contributed by atoms with Gasteiger partial charge in [-0.3, -0.25) is 14.4 Å². The van der Waals surface area contributed by atoms with E-state index in [1.807, 2.05) is 38.1 Å². The number of hydrogen-bond donors (Lipinski definition) is 2. The van der Waals surface area contributed by atoms with Gasteiger partial charge in [0.2, 0.25) is 0 Å². The summed E-state index contributed by atoms with van der Waals surface area (Å²) in [6, 6.07) is 14.6. The molecule has 0 amide bonds. The molecule has 1 aromatic heterocycles. The number of likely N-dealkylation sites (tertiary alicyclic amines) is 1. The summed E-state index contributed by atoms with van der Waals surface area (Å²) in [5, 5.41) is 4.96. The van der Waals surface area contributed by atoms with Crippen LogP contribution < -0.4 is 16.2 Å². The molecule has 0 bridgehead atoms. The summed E-state index contributed by atoms with van der Waals surface area (Å²) < 4.78 is 11.5. The number of esters is 1. The van der Waals surface area contributed by atoms with E-state index in [1.165, 1.54) is 0 Å². The minimum atomic E-state index is -0.198. The fourth-order valence-electron chi connectivity index (χ4n) is 5.98. The van der Waals surface area contributed by atoms with Gasteiger partial charge in [-0.25, -0.2) is 0 Å². The van der Waals surface area contributed by atoms with Crippen molar-refractivity contribution in [2.75, 3.05) is 38.1 Å². The molecule has 1 fully saturated rings. The third-order valence-corrected chi connectivity index (χ3v) is 7.96. The van der Waals surface area contributed by atoms with Gasteiger partial charge in [0.1, 0.15) is 0 Å². The number of rotatable bonds is 7. The third kappa shape index (κ3) is 4.62. The summed E-state index contributed by atoms with van der Waals surface area (Å²) in [5.74, 6) is -0.186. The van der Waals surface area contributed by atoms with Gasteiger partial charge in [-0.05, 0) is 57.8 Å². The molecule has 0 aliphatic carbocycles. The molecular weight excluding hydrogens is 506 g/mol. The number of hydrogen-bond acceptors (Lipinski definition) is 7. The SMILES string of the molecule is CCOC(=O)C1CCCN(CCCNc2cc3oc4cccc(C)c4[nH]c3c3c(=O)c4ccccc4c(=O)c23)C1. The molecule has 2 N–H and O–H groups in total. The van der Waals surface area contributed by atoms with Crippen molar-refractivity contribution in [2.45, 2.75) is 33.1 Å². The Balaban J connectivity index is 1.36. The van der Waals surface area contributed by atoms with Crippen LogP contribution in [0.2, 0.25) is 0 Å². The maximum absolute atomic E-state index is 13.8. The van der Waals surface area contributed by atoms with Crippen molar-refractivity contribution in [2.24, 2.45) is 5.92 Å². The van der Waals surface area contributed by atoms with Crippen LogP contribution >= 0.6 is 0 Å². The van der Waals surface area contributed by atoms with Crippen molar-refractivity contribution < 1.29 is 13.9 Å². The Labute approximate surface area is 230 Å². The van der Waals surface area contributed by atoms with Gasteiger partial charge in [-0.1, -0.05) is 36.4 Å². The van der Waals surface area contributed by atoms with Crippen molar-refractivity contribution in [3.05, 3.63) is 74.5 Å². The zero-order valence-electron chi connectivity index (χ0n) is 22.8. The van der Waals surface area contributed by atoms with Crippen LogP contribution in [0.15, 0.2) is 62.5 Å². The minimum absolute atomic E-state index is 0.0748. The monoisotopic (exact) mass is 539 g/mol. The Morgan fingerprint density at radius 2 is 1.82 bits per heavy atom. The summed E-state index contributed by atoms with van der Waals surface area (Å²) in [4.78, 5) is 45.5. The largest absolute Gasteiger partial charge is 0.466 e. The van der Waals surface area contributed by atoms with E-state index in [-0.39, 0.29) is 22.7 Å². The van der Waals surface area contributed by atoms with Gasteiger partial charge in [0.15, 0.2) is 22.0 Å². The summed E-state index contributed by atoms with van der Waals surface area (Å²) in [5.41, 5.74) is 3.69. The average Bonchev–Trinajstić information content (AvgIpc) is 2.97. The van der Waals surface area contributed by atoms with Crippen molar-refractivity contribution >= 4 is 55.4 Å². The number of aryl methyl sites for hydroxylation is 1. The van der Waals surface area contributed by atoms with E-state index in [1.54, 1.807) is 24.3 Å². The molecule has 40 heavy (non-hydrogen) atoms. The first-order valence-corrected chi connectivity index (χ1v) is 14.0. The van der Waals surface area contributed by atoms with Crippen molar-refractivity contribution in [3.8, 4) is 0 Å². The third-order valence-electron chi connectivity index (χ3n) is 7.96. The standard InChI is InChI=1S/C32H33N3O5/c1-3-39-32(38)20-10-7-15-35(18-20)16-8-14-33-23-17-25-29(34-28-19(2)9-6-13-24(28)40-25)27-26(23)30(36)21-11-4-5-12-22(21)31(27)37/h4-6,9,11-13,17,20,33-34H,3,7-8,10,14-16,18H2,1-2H3. The highest BCUT2D eigenvalue weighted by atomic mass is 16.5. The Morgan fingerprint density at radius 3 is 2.60 bits per heavy atom. The van der Waals surface area contributed by atoms with Gasteiger partial charge >= 0.3 is 5.97 Å². The first kappa shape index (κ1) is 26.1. The number of aromatic nitrogens is 1. The van der Waals surface area contributed by atoms with Crippen LogP contribution in [0.4, 0.5) is 5.69 Å². The van der Waals surface area contributed by atoms with Gasteiger partial charge < -0.3 is 24.4 Å². The van der Waals surface area contributed by atoms with Gasteiger partial charge in [0, 0.05) is 35.6 Å². The molecule has 1 aliphatic rings. The smallest absolute Gasteiger partial charge is 0.310 e. The Hall–Kier alpha value is -4.17. The van der Waals surface area contributed by atoms with Gasteiger partial charge in [0.25, 0.3) is 0 Å². The lowest BCUT2D eigenvalue weighted by Gasteiger charge is -2.31. The lowest BCUT2D eigenvalue weighted by Crippen LogP contribution is -2.40. The Kier molecular flexibility index (Phi) is 7.02. The highest BCUT2D eigenvalue weighted by Crippen LogP contribution is 2.31. The normalized spacial score (nSPS) is 16.2. The number of ether oxygens (including phenoxy) is 1. The predicted octanol–water partition coefficient (Wildman–Crippen LogP) is 5.33. The second-order valence-corrected chi connectivity index (χ2v) is 10.6. The summed E-state index contributed by atoms with van der Waals surface area (Å²) >= 11 is 0. The number of carbonyl (C=O) groups excluding carboxylic acids is 1. The first-order chi connectivity index (χ1) is 19.5. The molecule has 0 spiro atoms. The van der Waals surface area contributed by atoms with Crippen LogP contribution in [0.3, 0.4) is 0 Å². The number of aromatic amines is 1. The van der Waals surface area contributed by atoms with Crippen LogP contribution in [0.25, 0.3) is 43.7 Å². The fourth-order valence-corrected chi connectivity index (χ4v) is 5.98. The van der Waals surface area contributed by atoms with Gasteiger partial charge in [-0.2, -0.15) is 0 Å². The molecule has 2 heterocycles. The number of piperidine rings is 1. The van der Waals surface area contributed by atoms with E-state index >= 15 is 0 Å². The molecule has 8 nitrogen and oxygen atoms in total. The van der Waals surface area contributed by atoms with Crippen LogP contribution in [0, 0.1) is 12.8 Å². The van der Waals surface area contributed by atoms with E-state index in [0.29, 0.717) is 63.6 Å².